The molecular weight excluding hydrogens is 308 g/mol. The Balaban J connectivity index is 2.12. The molecule has 25 heavy (non-hydrogen) atoms. The van der Waals surface area contributed by atoms with Gasteiger partial charge in [-0.15, -0.1) is 0 Å². The van der Waals surface area contributed by atoms with Gasteiger partial charge in [0.2, 0.25) is 5.91 Å². The predicted molar refractivity (Wildman–Crippen MR) is 109 cm³/mol. The Morgan fingerprint density at radius 2 is 1.56 bits per heavy atom. The third kappa shape index (κ3) is 8.11. The summed E-state index contributed by atoms with van der Waals surface area (Å²) in [5.41, 5.74) is -0.187. The Bertz CT molecular complexity index is 354. The lowest BCUT2D eigenvalue weighted by Crippen LogP contribution is -2.51. The second kappa shape index (κ2) is 12.7. The lowest BCUT2D eigenvalue weighted by Gasteiger charge is -2.43. The van der Waals surface area contributed by atoms with Crippen LogP contribution in [-0.4, -0.2) is 37.5 Å². The molecule has 0 aliphatic carbocycles. The number of carbonyl (C=O) groups is 1. The van der Waals surface area contributed by atoms with E-state index in [1.54, 1.807) is 0 Å². The average molecular weight is 353 g/mol. The van der Waals surface area contributed by atoms with Gasteiger partial charge in [-0.05, 0) is 38.8 Å². The summed E-state index contributed by atoms with van der Waals surface area (Å²) in [5, 5.41) is 3.23. The number of nitrogens with zero attached hydrogens (tertiary/aromatic N) is 1. The summed E-state index contributed by atoms with van der Waals surface area (Å²) >= 11 is 0. The molecular formula is C22H44N2O. The number of nitrogens with one attached hydrogen (secondary N) is 1. The monoisotopic (exact) mass is 352 g/mol. The zero-order chi connectivity index (χ0) is 18.5. The fourth-order valence-corrected chi connectivity index (χ4v) is 4.18. The maximum atomic E-state index is 12.8. The summed E-state index contributed by atoms with van der Waals surface area (Å²) in [6, 6.07) is 0. The second-order valence-electron chi connectivity index (χ2n) is 8.57. The first-order chi connectivity index (χ1) is 12.0. The van der Waals surface area contributed by atoms with Crippen LogP contribution in [0.3, 0.4) is 0 Å². The quantitative estimate of drug-likeness (QED) is 0.425. The van der Waals surface area contributed by atoms with Gasteiger partial charge in [0.05, 0.1) is 0 Å². The molecule has 1 rings (SSSR count). The van der Waals surface area contributed by atoms with Gasteiger partial charge < -0.3 is 10.2 Å². The van der Waals surface area contributed by atoms with Crippen LogP contribution in [0.4, 0.5) is 0 Å². The fraction of sp³-hybridized carbons (Fsp3) is 0.955. The fourth-order valence-electron chi connectivity index (χ4n) is 4.18. The first-order valence-corrected chi connectivity index (χ1v) is 11.0. The second-order valence-corrected chi connectivity index (χ2v) is 8.57. The van der Waals surface area contributed by atoms with Gasteiger partial charge in [0.25, 0.3) is 0 Å². The van der Waals surface area contributed by atoms with Crippen molar-refractivity contribution < 1.29 is 4.79 Å². The smallest absolute Gasteiger partial charge is 0.228 e. The van der Waals surface area contributed by atoms with Crippen LogP contribution in [0.5, 0.6) is 0 Å². The Hall–Kier alpha value is -0.570. The van der Waals surface area contributed by atoms with Crippen molar-refractivity contribution in [2.75, 3.05) is 26.7 Å². The van der Waals surface area contributed by atoms with Crippen LogP contribution in [0.15, 0.2) is 0 Å². The molecule has 0 radical (unpaired) electrons. The number of hydrogen-bond donors (Lipinski definition) is 1. The molecule has 0 saturated carbocycles. The molecule has 3 nitrogen and oxygen atoms in total. The normalized spacial score (nSPS) is 20.2. The van der Waals surface area contributed by atoms with Crippen molar-refractivity contribution in [2.24, 2.45) is 11.3 Å². The molecule has 0 aromatic rings. The Morgan fingerprint density at radius 3 is 2.12 bits per heavy atom. The average Bonchev–Trinajstić information content (AvgIpc) is 2.59. The number of likely N-dealkylation sites (tertiary alicyclic amines) is 1. The predicted octanol–water partition coefficient (Wildman–Crippen LogP) is 5.39. The molecule has 1 saturated heterocycles. The number of piperidine rings is 1. The van der Waals surface area contributed by atoms with Crippen LogP contribution >= 0.6 is 0 Å². The molecule has 1 heterocycles. The van der Waals surface area contributed by atoms with Crippen LogP contribution in [0.1, 0.15) is 97.8 Å². The van der Waals surface area contributed by atoms with Crippen molar-refractivity contribution in [3.05, 3.63) is 0 Å². The van der Waals surface area contributed by atoms with Gasteiger partial charge in [-0.2, -0.15) is 0 Å². The van der Waals surface area contributed by atoms with Crippen molar-refractivity contribution in [1.82, 2.24) is 10.2 Å². The summed E-state index contributed by atoms with van der Waals surface area (Å²) in [4.78, 5) is 15.0. The lowest BCUT2D eigenvalue weighted by atomic mass is 9.71. The summed E-state index contributed by atoms with van der Waals surface area (Å²) in [6.07, 6.45) is 15.8. The lowest BCUT2D eigenvalue weighted by molar-refractivity contribution is -0.148. The highest BCUT2D eigenvalue weighted by Crippen LogP contribution is 2.38. The first-order valence-electron chi connectivity index (χ1n) is 11.0. The summed E-state index contributed by atoms with van der Waals surface area (Å²) in [5.74, 6) is 0.909. The molecule has 0 bridgehead atoms. The minimum Gasteiger partial charge on any atom is -0.342 e. The zero-order valence-corrected chi connectivity index (χ0v) is 17.5. The molecule has 1 unspecified atom stereocenters. The topological polar surface area (TPSA) is 32.3 Å². The Kier molecular flexibility index (Phi) is 11.4. The van der Waals surface area contributed by atoms with Gasteiger partial charge in [0.15, 0.2) is 0 Å². The van der Waals surface area contributed by atoms with Gasteiger partial charge in [-0.25, -0.2) is 0 Å². The largest absolute Gasteiger partial charge is 0.342 e. The van der Waals surface area contributed by atoms with E-state index < -0.39 is 0 Å². The third-order valence-electron chi connectivity index (χ3n) is 6.13. The highest BCUT2D eigenvalue weighted by atomic mass is 16.2. The molecule has 1 N–H and O–H groups in total. The minimum absolute atomic E-state index is 0.187. The van der Waals surface area contributed by atoms with E-state index in [1.165, 1.54) is 64.2 Å². The zero-order valence-electron chi connectivity index (χ0n) is 17.5. The minimum atomic E-state index is -0.187. The van der Waals surface area contributed by atoms with E-state index in [0.29, 0.717) is 11.8 Å². The molecule has 1 amide bonds. The highest BCUT2D eigenvalue weighted by Gasteiger charge is 2.42. The maximum Gasteiger partial charge on any atom is 0.228 e. The number of rotatable bonds is 14. The molecule has 1 atom stereocenters. The van der Waals surface area contributed by atoms with Gasteiger partial charge in [0.1, 0.15) is 0 Å². The Labute approximate surface area is 157 Å². The van der Waals surface area contributed by atoms with Crippen molar-refractivity contribution in [3.8, 4) is 0 Å². The SMILES string of the molecule is CCCCCCCCCCCCN1CCC(CCNC)C(C)(C)C1=O. The van der Waals surface area contributed by atoms with Crippen LogP contribution in [0.25, 0.3) is 0 Å². The third-order valence-corrected chi connectivity index (χ3v) is 6.13. The molecule has 1 fully saturated rings. The first kappa shape index (κ1) is 22.5. The van der Waals surface area contributed by atoms with E-state index >= 15 is 0 Å². The number of hydrogen-bond acceptors (Lipinski definition) is 2. The van der Waals surface area contributed by atoms with Crippen molar-refractivity contribution >= 4 is 5.91 Å². The molecule has 0 aromatic carbocycles. The van der Waals surface area contributed by atoms with Crippen molar-refractivity contribution in [2.45, 2.75) is 97.8 Å². The molecule has 0 aromatic heterocycles. The van der Waals surface area contributed by atoms with E-state index in [2.05, 4.69) is 31.0 Å². The molecule has 148 valence electrons. The van der Waals surface area contributed by atoms with E-state index in [1.807, 2.05) is 7.05 Å². The summed E-state index contributed by atoms with van der Waals surface area (Å²) in [7, 11) is 2.00. The van der Waals surface area contributed by atoms with Crippen LogP contribution < -0.4 is 5.32 Å². The number of unbranched alkanes of at least 4 members (excludes halogenated alkanes) is 9. The van der Waals surface area contributed by atoms with E-state index in [-0.39, 0.29) is 5.41 Å². The van der Waals surface area contributed by atoms with Gasteiger partial charge >= 0.3 is 0 Å². The van der Waals surface area contributed by atoms with Crippen molar-refractivity contribution in [3.63, 3.8) is 0 Å². The van der Waals surface area contributed by atoms with E-state index in [0.717, 1.165) is 32.5 Å². The van der Waals surface area contributed by atoms with Crippen LogP contribution in [-0.2, 0) is 4.79 Å². The summed E-state index contributed by atoms with van der Waals surface area (Å²) in [6.45, 7) is 9.53. The maximum absolute atomic E-state index is 12.8. The van der Waals surface area contributed by atoms with Gasteiger partial charge in [0, 0.05) is 18.5 Å². The standard InChI is InChI=1S/C22H44N2O/c1-5-6-7-8-9-10-11-12-13-14-18-24-19-16-20(15-17-23-4)22(2,3)21(24)25/h20,23H,5-19H2,1-4H3. The summed E-state index contributed by atoms with van der Waals surface area (Å²) < 4.78 is 0. The Morgan fingerprint density at radius 1 is 1.00 bits per heavy atom. The van der Waals surface area contributed by atoms with Crippen LogP contribution in [0.2, 0.25) is 0 Å². The van der Waals surface area contributed by atoms with Crippen LogP contribution in [0, 0.1) is 11.3 Å². The van der Waals surface area contributed by atoms with E-state index in [9.17, 15) is 4.79 Å². The van der Waals surface area contributed by atoms with Crippen molar-refractivity contribution in [1.29, 1.82) is 0 Å². The van der Waals surface area contributed by atoms with Gasteiger partial charge in [-0.1, -0.05) is 78.6 Å². The van der Waals surface area contributed by atoms with E-state index in [4.69, 9.17) is 0 Å². The molecule has 1 aliphatic heterocycles. The molecule has 3 heteroatoms. The highest BCUT2D eigenvalue weighted by molar-refractivity contribution is 5.83. The molecule has 1 aliphatic rings. The van der Waals surface area contributed by atoms with Gasteiger partial charge in [-0.3, -0.25) is 4.79 Å². The number of amides is 1. The number of carbonyl (C=O) groups excluding carboxylic acids is 1. The molecule has 0 spiro atoms.